The summed E-state index contributed by atoms with van der Waals surface area (Å²) in [4.78, 5) is 6.05. The minimum Gasteiger partial charge on any atom is -0.333 e. The van der Waals surface area contributed by atoms with Gasteiger partial charge in [0.2, 0.25) is 5.82 Å². The van der Waals surface area contributed by atoms with Crippen LogP contribution in [0.1, 0.15) is 25.7 Å². The van der Waals surface area contributed by atoms with Gasteiger partial charge >= 0.3 is 0 Å². The maximum atomic E-state index is 5.37. The summed E-state index contributed by atoms with van der Waals surface area (Å²) in [6.45, 7) is 5.61. The van der Waals surface area contributed by atoms with Crippen LogP contribution < -0.4 is 4.90 Å². The lowest BCUT2D eigenvalue weighted by Gasteiger charge is -2.25. The molecule has 0 aliphatic carbocycles. The second kappa shape index (κ2) is 5.53. The van der Waals surface area contributed by atoms with E-state index in [1.54, 1.807) is 4.90 Å². The Balaban J connectivity index is 1.65. The fourth-order valence-electron chi connectivity index (χ4n) is 2.59. The average Bonchev–Trinajstić information content (AvgIpc) is 2.91. The zero-order valence-electron chi connectivity index (χ0n) is 11.3. The molecule has 3 rings (SSSR count). The van der Waals surface area contributed by atoms with Crippen molar-refractivity contribution in [3.63, 3.8) is 0 Å². The number of rotatable bonds is 3. The molecule has 1 aliphatic rings. The van der Waals surface area contributed by atoms with E-state index in [1.165, 1.54) is 25.9 Å². The number of nitrogens with one attached hydrogen (secondary N) is 1. The van der Waals surface area contributed by atoms with Gasteiger partial charge in [-0.25, -0.2) is 0 Å². The van der Waals surface area contributed by atoms with Crippen molar-refractivity contribution in [2.24, 2.45) is 5.92 Å². The maximum absolute atomic E-state index is 5.37. The van der Waals surface area contributed by atoms with E-state index in [4.69, 9.17) is 4.52 Å². The van der Waals surface area contributed by atoms with E-state index in [1.807, 2.05) is 30.3 Å². The Labute approximate surface area is 113 Å². The summed E-state index contributed by atoms with van der Waals surface area (Å²) in [5, 5.41) is 4.07. The monoisotopic (exact) mass is 258 g/mol. The molecule has 4 nitrogen and oxygen atoms in total. The molecule has 1 aromatic carbocycles. The number of hydrogen-bond donors (Lipinski definition) is 1. The van der Waals surface area contributed by atoms with Crippen LogP contribution in [0.15, 0.2) is 34.9 Å². The molecule has 0 radical (unpaired) electrons. The van der Waals surface area contributed by atoms with Crippen LogP contribution >= 0.6 is 0 Å². The van der Waals surface area contributed by atoms with E-state index in [0.717, 1.165) is 23.9 Å². The first-order valence-corrected chi connectivity index (χ1v) is 7.03. The van der Waals surface area contributed by atoms with Gasteiger partial charge in [-0.05, 0) is 18.8 Å². The molecule has 1 fully saturated rings. The van der Waals surface area contributed by atoms with Crippen LogP contribution in [-0.4, -0.2) is 23.2 Å². The Morgan fingerprint density at radius 3 is 2.68 bits per heavy atom. The van der Waals surface area contributed by atoms with Crippen LogP contribution in [0.3, 0.4) is 0 Å². The molecular weight excluding hydrogens is 238 g/mol. The summed E-state index contributed by atoms with van der Waals surface area (Å²) in [6.07, 6.45) is 2.60. The van der Waals surface area contributed by atoms with E-state index in [-0.39, 0.29) is 0 Å². The van der Waals surface area contributed by atoms with Crippen molar-refractivity contribution in [3.8, 4) is 11.4 Å². The van der Waals surface area contributed by atoms with E-state index in [2.05, 4.69) is 17.1 Å². The molecule has 0 amide bonds. The molecule has 0 bridgehead atoms. The average molecular weight is 258 g/mol. The lowest BCUT2D eigenvalue weighted by molar-refractivity contribution is -0.921. The largest absolute Gasteiger partial charge is 0.333 e. The Hall–Kier alpha value is -1.68. The number of piperidine rings is 1. The van der Waals surface area contributed by atoms with Crippen molar-refractivity contribution in [3.05, 3.63) is 36.2 Å². The minimum atomic E-state index is 0.695. The first-order chi connectivity index (χ1) is 9.31. The molecule has 1 N–H and O–H groups in total. The number of likely N-dealkylation sites (tertiary alicyclic amines) is 1. The van der Waals surface area contributed by atoms with Crippen molar-refractivity contribution >= 4 is 0 Å². The Bertz CT molecular complexity index is 515. The van der Waals surface area contributed by atoms with Gasteiger partial charge in [-0.1, -0.05) is 42.4 Å². The molecule has 100 valence electrons. The van der Waals surface area contributed by atoms with E-state index >= 15 is 0 Å². The number of quaternary nitrogens is 1. The second-order valence-corrected chi connectivity index (χ2v) is 5.49. The van der Waals surface area contributed by atoms with Crippen molar-refractivity contribution in [2.75, 3.05) is 13.1 Å². The Morgan fingerprint density at radius 2 is 1.95 bits per heavy atom. The van der Waals surface area contributed by atoms with Crippen molar-refractivity contribution in [1.29, 1.82) is 0 Å². The standard InChI is InChI=1S/C15H19N3O/c1-12-7-9-18(10-8-12)11-14-16-15(17-19-14)13-5-3-2-4-6-13/h2-6,12H,7-11H2,1H3/p+1. The van der Waals surface area contributed by atoms with Gasteiger partial charge in [-0.3, -0.25) is 0 Å². The van der Waals surface area contributed by atoms with Gasteiger partial charge in [0.15, 0.2) is 6.54 Å². The van der Waals surface area contributed by atoms with Gasteiger partial charge in [0.05, 0.1) is 13.1 Å². The van der Waals surface area contributed by atoms with Gasteiger partial charge in [-0.2, -0.15) is 4.98 Å². The topological polar surface area (TPSA) is 43.4 Å². The number of nitrogens with zero attached hydrogens (tertiary/aromatic N) is 2. The van der Waals surface area contributed by atoms with Crippen molar-refractivity contribution in [1.82, 2.24) is 10.1 Å². The smallest absolute Gasteiger partial charge is 0.282 e. The molecule has 0 atom stereocenters. The maximum Gasteiger partial charge on any atom is 0.282 e. The quantitative estimate of drug-likeness (QED) is 0.908. The van der Waals surface area contributed by atoms with Crippen LogP contribution in [-0.2, 0) is 6.54 Å². The highest BCUT2D eigenvalue weighted by Gasteiger charge is 2.21. The molecule has 0 spiro atoms. The van der Waals surface area contributed by atoms with E-state index in [0.29, 0.717) is 5.82 Å². The molecule has 1 saturated heterocycles. The summed E-state index contributed by atoms with van der Waals surface area (Å²) in [6, 6.07) is 9.98. The number of aromatic nitrogens is 2. The Kier molecular flexibility index (Phi) is 3.60. The van der Waals surface area contributed by atoms with Crippen LogP contribution in [0.2, 0.25) is 0 Å². The molecule has 2 aromatic rings. The number of benzene rings is 1. The highest BCUT2D eigenvalue weighted by molar-refractivity contribution is 5.53. The molecule has 1 aromatic heterocycles. The molecule has 1 aliphatic heterocycles. The summed E-state index contributed by atoms with van der Waals surface area (Å²) in [7, 11) is 0. The zero-order chi connectivity index (χ0) is 13.1. The van der Waals surface area contributed by atoms with Crippen LogP contribution in [0.25, 0.3) is 11.4 Å². The third-order valence-corrected chi connectivity index (χ3v) is 3.88. The highest BCUT2D eigenvalue weighted by Crippen LogP contribution is 2.14. The zero-order valence-corrected chi connectivity index (χ0v) is 11.3. The van der Waals surface area contributed by atoms with Crippen LogP contribution in [0, 0.1) is 5.92 Å². The molecule has 4 heteroatoms. The minimum absolute atomic E-state index is 0.695. The predicted octanol–water partition coefficient (Wildman–Crippen LogP) is 1.55. The molecular formula is C15H20N3O+. The molecule has 0 saturated carbocycles. The summed E-state index contributed by atoms with van der Waals surface area (Å²) < 4.78 is 5.37. The summed E-state index contributed by atoms with van der Waals surface area (Å²) >= 11 is 0. The van der Waals surface area contributed by atoms with Gasteiger partial charge in [0, 0.05) is 5.56 Å². The van der Waals surface area contributed by atoms with Crippen LogP contribution in [0.5, 0.6) is 0 Å². The summed E-state index contributed by atoms with van der Waals surface area (Å²) in [5.41, 5.74) is 1.01. The van der Waals surface area contributed by atoms with Gasteiger partial charge < -0.3 is 9.42 Å². The van der Waals surface area contributed by atoms with Crippen LogP contribution in [0.4, 0.5) is 0 Å². The van der Waals surface area contributed by atoms with Crippen molar-refractivity contribution < 1.29 is 9.42 Å². The molecule has 2 heterocycles. The fraction of sp³-hybridized carbons (Fsp3) is 0.467. The molecule has 19 heavy (non-hydrogen) atoms. The van der Waals surface area contributed by atoms with Gasteiger partial charge in [0.1, 0.15) is 0 Å². The summed E-state index contributed by atoms with van der Waals surface area (Å²) in [5.74, 6) is 2.31. The first kappa shape index (κ1) is 12.4. The third kappa shape index (κ3) is 3.01. The van der Waals surface area contributed by atoms with Crippen molar-refractivity contribution in [2.45, 2.75) is 26.3 Å². The Morgan fingerprint density at radius 1 is 1.21 bits per heavy atom. The first-order valence-electron chi connectivity index (χ1n) is 7.03. The SMILES string of the molecule is CC1CC[NH+](Cc2nc(-c3ccccc3)no2)CC1. The second-order valence-electron chi connectivity index (χ2n) is 5.49. The highest BCUT2D eigenvalue weighted by atomic mass is 16.5. The van der Waals surface area contributed by atoms with Gasteiger partial charge in [0.25, 0.3) is 5.89 Å². The fourth-order valence-corrected chi connectivity index (χ4v) is 2.59. The lowest BCUT2D eigenvalue weighted by atomic mass is 9.99. The van der Waals surface area contributed by atoms with Gasteiger partial charge in [-0.15, -0.1) is 0 Å². The van der Waals surface area contributed by atoms with E-state index < -0.39 is 0 Å². The number of hydrogen-bond acceptors (Lipinski definition) is 3. The third-order valence-electron chi connectivity index (χ3n) is 3.88. The van der Waals surface area contributed by atoms with E-state index in [9.17, 15) is 0 Å². The molecule has 0 unspecified atom stereocenters. The normalized spacial score (nSPS) is 23.4. The predicted molar refractivity (Wildman–Crippen MR) is 72.5 cm³/mol. The lowest BCUT2D eigenvalue weighted by Crippen LogP contribution is -3.11.